The summed E-state index contributed by atoms with van der Waals surface area (Å²) in [5.41, 5.74) is 3.97. The molecule has 0 aliphatic carbocycles. The summed E-state index contributed by atoms with van der Waals surface area (Å²) >= 11 is 0. The monoisotopic (exact) mass is 345 g/mol. The lowest BCUT2D eigenvalue weighted by Crippen LogP contribution is -2.31. The largest absolute Gasteiger partial charge is 0.352 e. The molecule has 1 N–H and O–H groups in total. The Morgan fingerprint density at radius 2 is 1.96 bits per heavy atom. The molecule has 2 heterocycles. The quantitative estimate of drug-likeness (QED) is 0.925. The van der Waals surface area contributed by atoms with Crippen LogP contribution in [0.5, 0.6) is 0 Å². The Balaban J connectivity index is 0.00000208. The number of benzene rings is 1. The van der Waals surface area contributed by atoms with Gasteiger partial charge in [0, 0.05) is 43.7 Å². The van der Waals surface area contributed by atoms with E-state index < -0.39 is 0 Å². The third-order valence-corrected chi connectivity index (χ3v) is 4.13. The fraction of sp³-hybridized carbons (Fsp3) is 0.278. The number of hydrogen-bond donors (Lipinski definition) is 1. The van der Waals surface area contributed by atoms with Gasteiger partial charge >= 0.3 is 0 Å². The summed E-state index contributed by atoms with van der Waals surface area (Å²) in [5, 5.41) is 2.91. The zero-order chi connectivity index (χ0) is 16.2. The zero-order valence-corrected chi connectivity index (χ0v) is 14.3. The summed E-state index contributed by atoms with van der Waals surface area (Å²) in [6.07, 6.45) is 5.33. The maximum absolute atomic E-state index is 12.0. The molecule has 5 nitrogen and oxygen atoms in total. The van der Waals surface area contributed by atoms with Crippen molar-refractivity contribution in [1.29, 1.82) is 0 Å². The number of carbonyl (C=O) groups excluding carboxylic acids is 2. The van der Waals surface area contributed by atoms with Crippen LogP contribution in [0.25, 0.3) is 0 Å². The highest BCUT2D eigenvalue weighted by Crippen LogP contribution is 2.27. The number of nitrogens with one attached hydrogen (secondary N) is 1. The molecule has 0 fully saturated rings. The number of halogens is 1. The Morgan fingerprint density at radius 1 is 1.21 bits per heavy atom. The second-order valence-corrected chi connectivity index (χ2v) is 5.66. The molecule has 0 saturated carbocycles. The second-order valence-electron chi connectivity index (χ2n) is 5.66. The molecule has 0 spiro atoms. The Bertz CT molecular complexity index is 734. The van der Waals surface area contributed by atoms with Crippen LogP contribution in [0.1, 0.15) is 27.9 Å². The van der Waals surface area contributed by atoms with Gasteiger partial charge in [-0.25, -0.2) is 0 Å². The van der Waals surface area contributed by atoms with Crippen molar-refractivity contribution in [2.75, 3.05) is 18.5 Å². The van der Waals surface area contributed by atoms with Crippen LogP contribution in [0.15, 0.2) is 42.7 Å². The first kappa shape index (κ1) is 17.9. The molecule has 2 aromatic rings. The lowest BCUT2D eigenvalue weighted by molar-refractivity contribution is -0.118. The number of nitrogens with zero attached hydrogens (tertiary/aromatic N) is 2. The van der Waals surface area contributed by atoms with Crippen molar-refractivity contribution in [3.05, 3.63) is 59.4 Å². The lowest BCUT2D eigenvalue weighted by atomic mass is 9.98. The normalized spacial score (nSPS) is 13.0. The van der Waals surface area contributed by atoms with Crippen molar-refractivity contribution >= 4 is 29.9 Å². The van der Waals surface area contributed by atoms with Gasteiger partial charge in [0.25, 0.3) is 5.91 Å². The Hall–Kier alpha value is -2.40. The van der Waals surface area contributed by atoms with E-state index in [2.05, 4.69) is 16.4 Å². The fourth-order valence-electron chi connectivity index (χ4n) is 2.79. The van der Waals surface area contributed by atoms with E-state index in [4.69, 9.17) is 0 Å². The van der Waals surface area contributed by atoms with Crippen molar-refractivity contribution in [3.8, 4) is 0 Å². The summed E-state index contributed by atoms with van der Waals surface area (Å²) in [7, 11) is 1.81. The van der Waals surface area contributed by atoms with Gasteiger partial charge < -0.3 is 10.2 Å². The van der Waals surface area contributed by atoms with Gasteiger partial charge in [0.1, 0.15) is 0 Å². The maximum Gasteiger partial charge on any atom is 0.251 e. The molecule has 1 aromatic heterocycles. The van der Waals surface area contributed by atoms with Gasteiger partial charge in [-0.05, 0) is 42.2 Å². The molecule has 24 heavy (non-hydrogen) atoms. The van der Waals surface area contributed by atoms with Gasteiger partial charge in [0.05, 0.1) is 0 Å². The molecule has 2 amide bonds. The van der Waals surface area contributed by atoms with Crippen LogP contribution in [0, 0.1) is 0 Å². The predicted octanol–water partition coefficient (Wildman–Crippen LogP) is 2.38. The van der Waals surface area contributed by atoms with Crippen LogP contribution in [-0.2, 0) is 17.6 Å². The van der Waals surface area contributed by atoms with Crippen LogP contribution < -0.4 is 10.2 Å². The zero-order valence-electron chi connectivity index (χ0n) is 13.5. The van der Waals surface area contributed by atoms with Gasteiger partial charge in [-0.15, -0.1) is 12.4 Å². The summed E-state index contributed by atoms with van der Waals surface area (Å²) in [6.45, 7) is 0.578. The number of aromatic nitrogens is 1. The van der Waals surface area contributed by atoms with Crippen molar-refractivity contribution < 1.29 is 9.59 Å². The van der Waals surface area contributed by atoms with Crippen molar-refractivity contribution in [2.24, 2.45) is 0 Å². The van der Waals surface area contributed by atoms with Crippen molar-refractivity contribution in [1.82, 2.24) is 10.3 Å². The average Bonchev–Trinajstić information content (AvgIpc) is 2.59. The highest BCUT2D eigenvalue weighted by molar-refractivity contribution is 5.96. The van der Waals surface area contributed by atoms with E-state index in [1.165, 1.54) is 11.1 Å². The minimum Gasteiger partial charge on any atom is -0.352 e. The molecule has 0 radical (unpaired) electrons. The molecule has 1 aliphatic rings. The second kappa shape index (κ2) is 7.93. The first-order valence-corrected chi connectivity index (χ1v) is 7.72. The van der Waals surface area contributed by atoms with E-state index in [1.807, 2.05) is 19.2 Å². The number of aryl methyl sites for hydroxylation is 1. The minimum absolute atomic E-state index is 0. The molecule has 0 bridgehead atoms. The van der Waals surface area contributed by atoms with E-state index in [1.54, 1.807) is 29.4 Å². The van der Waals surface area contributed by atoms with Gasteiger partial charge in [0.15, 0.2) is 0 Å². The number of hydrogen-bond acceptors (Lipinski definition) is 3. The van der Waals surface area contributed by atoms with Crippen LogP contribution >= 0.6 is 12.4 Å². The van der Waals surface area contributed by atoms with Gasteiger partial charge in [-0.1, -0.05) is 12.1 Å². The van der Waals surface area contributed by atoms with Gasteiger partial charge in [0.2, 0.25) is 5.91 Å². The van der Waals surface area contributed by atoms with E-state index in [9.17, 15) is 9.59 Å². The van der Waals surface area contributed by atoms with E-state index in [0.717, 1.165) is 18.5 Å². The molecular formula is C18H20ClN3O2. The number of pyridine rings is 1. The molecular weight excluding hydrogens is 326 g/mol. The minimum atomic E-state index is -0.0873. The number of rotatable bonds is 4. The Morgan fingerprint density at radius 3 is 2.71 bits per heavy atom. The third kappa shape index (κ3) is 3.92. The molecule has 1 aliphatic heterocycles. The summed E-state index contributed by atoms with van der Waals surface area (Å²) in [5.74, 6) is 0.0746. The SMILES string of the molecule is CN1C(=O)CCc2cc(CCNC(=O)c3ccncc3)ccc21.Cl. The smallest absolute Gasteiger partial charge is 0.251 e. The molecule has 1 aromatic carbocycles. The topological polar surface area (TPSA) is 62.3 Å². The molecule has 0 saturated heterocycles. The highest BCUT2D eigenvalue weighted by atomic mass is 35.5. The number of fused-ring (bicyclic) bond motifs is 1. The first-order valence-electron chi connectivity index (χ1n) is 7.72. The Kier molecular flexibility index (Phi) is 5.93. The number of anilines is 1. The summed E-state index contributed by atoms with van der Waals surface area (Å²) in [4.78, 5) is 29.3. The van der Waals surface area contributed by atoms with E-state index in [-0.39, 0.29) is 24.2 Å². The molecule has 0 atom stereocenters. The molecule has 126 valence electrons. The maximum atomic E-state index is 12.0. The molecule has 6 heteroatoms. The van der Waals surface area contributed by atoms with Crippen LogP contribution in [0.4, 0.5) is 5.69 Å². The van der Waals surface area contributed by atoms with Gasteiger partial charge in [-0.2, -0.15) is 0 Å². The van der Waals surface area contributed by atoms with Crippen LogP contribution in [0.2, 0.25) is 0 Å². The molecule has 0 unspecified atom stereocenters. The van der Waals surface area contributed by atoms with E-state index >= 15 is 0 Å². The van der Waals surface area contributed by atoms with Crippen molar-refractivity contribution in [3.63, 3.8) is 0 Å². The number of amides is 2. The fourth-order valence-corrected chi connectivity index (χ4v) is 2.79. The molecule has 3 rings (SSSR count). The van der Waals surface area contributed by atoms with Crippen LogP contribution in [-0.4, -0.2) is 30.4 Å². The van der Waals surface area contributed by atoms with Crippen LogP contribution in [0.3, 0.4) is 0 Å². The van der Waals surface area contributed by atoms with Gasteiger partial charge in [-0.3, -0.25) is 14.6 Å². The third-order valence-electron chi connectivity index (χ3n) is 4.13. The summed E-state index contributed by atoms with van der Waals surface area (Å²) in [6, 6.07) is 9.54. The predicted molar refractivity (Wildman–Crippen MR) is 95.7 cm³/mol. The number of carbonyl (C=O) groups is 2. The standard InChI is InChI=1S/C18H19N3O2.ClH/c1-21-16-4-2-13(12-15(16)3-5-17(21)22)6-11-20-18(23)14-7-9-19-10-8-14;/h2,4,7-10,12H,3,5-6,11H2,1H3,(H,20,23);1H. The summed E-state index contributed by atoms with van der Waals surface area (Å²) < 4.78 is 0. The average molecular weight is 346 g/mol. The highest BCUT2D eigenvalue weighted by Gasteiger charge is 2.20. The van der Waals surface area contributed by atoms with E-state index in [0.29, 0.717) is 18.5 Å². The lowest BCUT2D eigenvalue weighted by Gasteiger charge is -2.26. The first-order chi connectivity index (χ1) is 11.1. The van der Waals surface area contributed by atoms with Crippen molar-refractivity contribution in [2.45, 2.75) is 19.3 Å². The Labute approximate surface area is 147 Å².